The van der Waals surface area contributed by atoms with E-state index in [4.69, 9.17) is 20.2 Å². The molecule has 2 aromatic carbocycles. The summed E-state index contributed by atoms with van der Waals surface area (Å²) in [5.74, 6) is 2.77. The number of carbonyl (C=O) groups is 1. The molecule has 1 aromatic heterocycles. The van der Waals surface area contributed by atoms with Crippen LogP contribution in [0.3, 0.4) is 0 Å². The number of nitrogens with two attached hydrogens (primary N) is 1. The Labute approximate surface area is 212 Å². The Hall–Kier alpha value is -3.55. The van der Waals surface area contributed by atoms with Gasteiger partial charge in [-0.3, -0.25) is 4.79 Å². The van der Waals surface area contributed by atoms with Crippen molar-refractivity contribution in [1.82, 2.24) is 14.9 Å². The average Bonchev–Trinajstić information content (AvgIpc) is 2.93. The van der Waals surface area contributed by atoms with E-state index in [1.54, 1.807) is 20.3 Å². The van der Waals surface area contributed by atoms with Crippen LogP contribution in [0.25, 0.3) is 10.9 Å². The first-order chi connectivity index (χ1) is 17.6. The van der Waals surface area contributed by atoms with Gasteiger partial charge in [0.25, 0.3) is 0 Å². The third-order valence-electron chi connectivity index (χ3n) is 7.64. The van der Waals surface area contributed by atoms with Crippen LogP contribution in [-0.4, -0.2) is 61.2 Å². The molecule has 190 valence electrons. The maximum Gasteiger partial charge on any atom is 0.230 e. The first-order valence-electron chi connectivity index (χ1n) is 12.9. The second-order valence-electron chi connectivity index (χ2n) is 9.73. The highest BCUT2D eigenvalue weighted by Crippen LogP contribution is 2.38. The van der Waals surface area contributed by atoms with Crippen LogP contribution >= 0.6 is 0 Å². The average molecular weight is 490 g/mol. The number of nitrogen functional groups attached to an aromatic ring is 1. The van der Waals surface area contributed by atoms with Crippen molar-refractivity contribution in [3.63, 3.8) is 0 Å². The fourth-order valence-corrected chi connectivity index (χ4v) is 5.68. The number of piperazine rings is 1. The fourth-order valence-electron chi connectivity index (χ4n) is 5.68. The summed E-state index contributed by atoms with van der Waals surface area (Å²) in [4.78, 5) is 27.3. The van der Waals surface area contributed by atoms with Crippen LogP contribution in [0, 0.1) is 5.92 Å². The normalized spacial score (nSPS) is 17.7. The Bertz CT molecular complexity index is 1200. The molecule has 0 radical (unpaired) electrons. The topological polar surface area (TPSA) is 93.8 Å². The molecule has 3 aromatic rings. The number of fused-ring (bicyclic) bond motifs is 1. The van der Waals surface area contributed by atoms with Crippen molar-refractivity contribution in [2.75, 3.05) is 51.0 Å². The van der Waals surface area contributed by atoms with E-state index < -0.39 is 0 Å². The standard InChI is InChI=1S/C28H35N5O3/c1-35-23-17-21-22(18-24(23)36-2)30-28(31-26(21)29)33-15-13-32(14-16-33)27(34)25(19-9-5-3-6-10-19)20-11-7-4-8-12-20/h3,5-6,9-10,17-18,20,25H,4,7-8,11-16H2,1-2H3,(H2,29,30,31). The molecule has 8 nitrogen and oxygen atoms in total. The highest BCUT2D eigenvalue weighted by atomic mass is 16.5. The number of hydrogen-bond acceptors (Lipinski definition) is 7. The van der Waals surface area contributed by atoms with Gasteiger partial charge in [-0.1, -0.05) is 49.6 Å². The summed E-state index contributed by atoms with van der Waals surface area (Å²) < 4.78 is 10.8. The Morgan fingerprint density at radius 3 is 2.28 bits per heavy atom. The summed E-state index contributed by atoms with van der Waals surface area (Å²) in [6.07, 6.45) is 5.96. The van der Waals surface area contributed by atoms with Crippen molar-refractivity contribution in [2.45, 2.75) is 38.0 Å². The molecule has 1 unspecified atom stereocenters. The molecule has 8 heteroatoms. The Balaban J connectivity index is 1.33. The number of nitrogens with zero attached hydrogens (tertiary/aromatic N) is 4. The van der Waals surface area contributed by atoms with Gasteiger partial charge in [0.1, 0.15) is 5.82 Å². The molecule has 1 aliphatic carbocycles. The van der Waals surface area contributed by atoms with Crippen molar-refractivity contribution in [2.24, 2.45) is 5.92 Å². The number of methoxy groups -OCH3 is 2. The number of carbonyl (C=O) groups excluding carboxylic acids is 1. The minimum absolute atomic E-state index is 0.0620. The van der Waals surface area contributed by atoms with Gasteiger partial charge >= 0.3 is 0 Å². The van der Waals surface area contributed by atoms with E-state index >= 15 is 0 Å². The summed E-state index contributed by atoms with van der Waals surface area (Å²) in [6.45, 7) is 2.61. The molecule has 2 aliphatic rings. The molecule has 1 atom stereocenters. The lowest BCUT2D eigenvalue weighted by Gasteiger charge is -2.39. The minimum atomic E-state index is -0.0620. The molecule has 2 heterocycles. The molecular formula is C28H35N5O3. The minimum Gasteiger partial charge on any atom is -0.493 e. The van der Waals surface area contributed by atoms with Crippen LogP contribution < -0.4 is 20.1 Å². The number of anilines is 2. The lowest BCUT2D eigenvalue weighted by atomic mass is 9.76. The van der Waals surface area contributed by atoms with Crippen LogP contribution in [0.5, 0.6) is 11.5 Å². The fraction of sp³-hybridized carbons (Fsp3) is 0.464. The van der Waals surface area contributed by atoms with Gasteiger partial charge < -0.3 is 25.0 Å². The molecule has 36 heavy (non-hydrogen) atoms. The molecule has 5 rings (SSSR count). The quantitative estimate of drug-likeness (QED) is 0.553. The SMILES string of the molecule is COc1cc2nc(N3CCN(C(=O)C(c4ccccc4)C4CCCCC4)CC3)nc(N)c2cc1OC. The smallest absolute Gasteiger partial charge is 0.230 e. The van der Waals surface area contributed by atoms with Gasteiger partial charge in [0, 0.05) is 37.6 Å². The summed E-state index contributed by atoms with van der Waals surface area (Å²) in [6, 6.07) is 14.0. The maximum absolute atomic E-state index is 13.8. The zero-order valence-electron chi connectivity index (χ0n) is 21.2. The van der Waals surface area contributed by atoms with Crippen molar-refractivity contribution in [3.05, 3.63) is 48.0 Å². The summed E-state index contributed by atoms with van der Waals surface area (Å²) in [5.41, 5.74) is 8.15. The maximum atomic E-state index is 13.8. The zero-order valence-corrected chi connectivity index (χ0v) is 21.2. The van der Waals surface area contributed by atoms with Crippen LogP contribution in [0.1, 0.15) is 43.6 Å². The van der Waals surface area contributed by atoms with E-state index in [-0.39, 0.29) is 11.8 Å². The number of rotatable bonds is 6. The van der Waals surface area contributed by atoms with E-state index in [1.807, 2.05) is 29.2 Å². The largest absolute Gasteiger partial charge is 0.493 e. The van der Waals surface area contributed by atoms with E-state index in [0.29, 0.717) is 60.9 Å². The lowest BCUT2D eigenvalue weighted by Crippen LogP contribution is -2.51. The van der Waals surface area contributed by atoms with Crippen molar-refractivity contribution >= 4 is 28.6 Å². The molecule has 1 saturated heterocycles. The van der Waals surface area contributed by atoms with Crippen molar-refractivity contribution in [1.29, 1.82) is 0 Å². The second kappa shape index (κ2) is 10.6. The first-order valence-corrected chi connectivity index (χ1v) is 12.9. The second-order valence-corrected chi connectivity index (χ2v) is 9.73. The lowest BCUT2D eigenvalue weighted by molar-refractivity contribution is -0.134. The van der Waals surface area contributed by atoms with Crippen LogP contribution in [0.4, 0.5) is 11.8 Å². The number of benzene rings is 2. The Kier molecular flexibility index (Phi) is 7.11. The number of amides is 1. The highest BCUT2D eigenvalue weighted by molar-refractivity contribution is 5.92. The number of ether oxygens (including phenoxy) is 2. The van der Waals surface area contributed by atoms with Gasteiger partial charge in [-0.2, -0.15) is 4.98 Å². The van der Waals surface area contributed by atoms with Gasteiger partial charge in [0.15, 0.2) is 11.5 Å². The number of aromatic nitrogens is 2. The Morgan fingerprint density at radius 2 is 1.61 bits per heavy atom. The molecule has 0 spiro atoms. The number of hydrogen-bond donors (Lipinski definition) is 1. The van der Waals surface area contributed by atoms with Gasteiger partial charge in [0.05, 0.1) is 25.7 Å². The van der Waals surface area contributed by atoms with Gasteiger partial charge in [-0.15, -0.1) is 0 Å². The molecule has 2 N–H and O–H groups in total. The van der Waals surface area contributed by atoms with Crippen LogP contribution in [-0.2, 0) is 4.79 Å². The predicted octanol–water partition coefficient (Wildman–Crippen LogP) is 4.24. The van der Waals surface area contributed by atoms with E-state index in [0.717, 1.165) is 23.8 Å². The molecule has 1 aliphatic heterocycles. The van der Waals surface area contributed by atoms with Gasteiger partial charge in [-0.05, 0) is 30.4 Å². The van der Waals surface area contributed by atoms with Gasteiger partial charge in [-0.25, -0.2) is 4.98 Å². The van der Waals surface area contributed by atoms with Crippen LogP contribution in [0.15, 0.2) is 42.5 Å². The van der Waals surface area contributed by atoms with E-state index in [9.17, 15) is 4.79 Å². The monoisotopic (exact) mass is 489 g/mol. The van der Waals surface area contributed by atoms with Crippen LogP contribution in [0.2, 0.25) is 0 Å². The molecule has 1 amide bonds. The molecule has 2 fully saturated rings. The zero-order chi connectivity index (χ0) is 25.1. The summed E-state index contributed by atoms with van der Waals surface area (Å²) in [7, 11) is 3.19. The Morgan fingerprint density at radius 1 is 0.944 bits per heavy atom. The molecule has 0 bridgehead atoms. The predicted molar refractivity (Wildman–Crippen MR) is 142 cm³/mol. The first kappa shape index (κ1) is 24.2. The van der Waals surface area contributed by atoms with E-state index in [1.165, 1.54) is 19.3 Å². The van der Waals surface area contributed by atoms with Gasteiger partial charge in [0.2, 0.25) is 11.9 Å². The molecule has 1 saturated carbocycles. The van der Waals surface area contributed by atoms with Crippen molar-refractivity contribution < 1.29 is 14.3 Å². The third-order valence-corrected chi connectivity index (χ3v) is 7.64. The highest BCUT2D eigenvalue weighted by Gasteiger charge is 2.35. The summed E-state index contributed by atoms with van der Waals surface area (Å²) in [5, 5.41) is 0.725. The molecular weight excluding hydrogens is 454 g/mol. The van der Waals surface area contributed by atoms with Crippen molar-refractivity contribution in [3.8, 4) is 11.5 Å². The third kappa shape index (κ3) is 4.76. The summed E-state index contributed by atoms with van der Waals surface area (Å²) >= 11 is 0. The van der Waals surface area contributed by atoms with E-state index in [2.05, 4.69) is 22.0 Å².